The maximum atomic E-state index is 13.0. The van der Waals surface area contributed by atoms with E-state index in [1.165, 1.54) is 25.3 Å². The minimum atomic E-state index is -0.893. The van der Waals surface area contributed by atoms with Crippen molar-refractivity contribution in [3.05, 3.63) is 35.6 Å². The number of nitrogens with one attached hydrogen (secondary N) is 1. The summed E-state index contributed by atoms with van der Waals surface area (Å²) in [6.45, 7) is 1.67. The van der Waals surface area contributed by atoms with Crippen LogP contribution in [0.5, 0.6) is 0 Å². The zero-order valence-electron chi connectivity index (χ0n) is 11.9. The summed E-state index contributed by atoms with van der Waals surface area (Å²) < 4.78 is 17.7. The zero-order chi connectivity index (χ0) is 15.8. The highest BCUT2D eigenvalue weighted by atomic mass is 19.1. The number of benzene rings is 1. The third kappa shape index (κ3) is 5.22. The van der Waals surface area contributed by atoms with Gasteiger partial charge in [-0.2, -0.15) is 5.26 Å². The highest BCUT2D eigenvalue weighted by Gasteiger charge is 2.27. The largest absolute Gasteiger partial charge is 0.467 e. The Morgan fingerprint density at radius 3 is 2.76 bits per heavy atom. The maximum absolute atomic E-state index is 13.0. The number of amides is 1. The topological polar surface area (TPSA) is 79.2 Å². The molecule has 0 fully saturated rings. The van der Waals surface area contributed by atoms with Crippen molar-refractivity contribution in [2.45, 2.75) is 25.8 Å². The number of hydrogen-bond acceptors (Lipinski definition) is 4. The summed E-state index contributed by atoms with van der Waals surface area (Å²) in [6.07, 6.45) is 0.0601. The molecular formula is C15H17FN2O3. The van der Waals surface area contributed by atoms with Crippen LogP contribution in [0.25, 0.3) is 0 Å². The third-order valence-corrected chi connectivity index (χ3v) is 3.01. The SMILES string of the molecule is COC(=O)[C@H](NC(=O)Cc1cccc(F)c1)[C@@H](C)CC#N. The molecule has 1 amide bonds. The van der Waals surface area contributed by atoms with E-state index in [1.54, 1.807) is 13.0 Å². The van der Waals surface area contributed by atoms with Crippen molar-refractivity contribution in [3.8, 4) is 6.07 Å². The van der Waals surface area contributed by atoms with Crippen LogP contribution in [0.2, 0.25) is 0 Å². The lowest BCUT2D eigenvalue weighted by molar-refractivity contribution is -0.146. The van der Waals surface area contributed by atoms with Gasteiger partial charge in [0.25, 0.3) is 0 Å². The number of methoxy groups -OCH3 is 1. The van der Waals surface area contributed by atoms with Gasteiger partial charge in [0.2, 0.25) is 5.91 Å². The zero-order valence-corrected chi connectivity index (χ0v) is 11.9. The van der Waals surface area contributed by atoms with Crippen LogP contribution in [-0.2, 0) is 20.7 Å². The molecule has 2 atom stereocenters. The maximum Gasteiger partial charge on any atom is 0.328 e. The fraction of sp³-hybridized carbons (Fsp3) is 0.400. The molecule has 0 saturated heterocycles. The second-order valence-electron chi connectivity index (χ2n) is 4.71. The molecule has 5 nitrogen and oxygen atoms in total. The van der Waals surface area contributed by atoms with E-state index in [0.717, 1.165) is 0 Å². The number of nitrogens with zero attached hydrogens (tertiary/aromatic N) is 1. The van der Waals surface area contributed by atoms with E-state index in [4.69, 9.17) is 5.26 Å². The van der Waals surface area contributed by atoms with Crippen LogP contribution in [-0.4, -0.2) is 25.0 Å². The molecule has 6 heteroatoms. The van der Waals surface area contributed by atoms with Crippen LogP contribution in [0.3, 0.4) is 0 Å². The first-order chi connectivity index (χ1) is 9.97. The molecular weight excluding hydrogens is 275 g/mol. The van der Waals surface area contributed by atoms with Gasteiger partial charge in [0.15, 0.2) is 0 Å². The molecule has 1 aromatic carbocycles. The lowest BCUT2D eigenvalue weighted by Gasteiger charge is -2.21. The monoisotopic (exact) mass is 292 g/mol. The van der Waals surface area contributed by atoms with Crippen molar-refractivity contribution in [1.29, 1.82) is 5.26 Å². The Labute approximate surface area is 122 Å². The van der Waals surface area contributed by atoms with E-state index in [9.17, 15) is 14.0 Å². The Morgan fingerprint density at radius 1 is 1.48 bits per heavy atom. The lowest BCUT2D eigenvalue weighted by atomic mass is 9.98. The Morgan fingerprint density at radius 2 is 2.19 bits per heavy atom. The normalized spacial score (nSPS) is 12.9. The van der Waals surface area contributed by atoms with Crippen LogP contribution in [0.4, 0.5) is 4.39 Å². The van der Waals surface area contributed by atoms with Gasteiger partial charge in [0.1, 0.15) is 11.9 Å². The van der Waals surface area contributed by atoms with E-state index in [-0.39, 0.29) is 18.8 Å². The van der Waals surface area contributed by atoms with Crippen LogP contribution in [0.1, 0.15) is 18.9 Å². The fourth-order valence-electron chi connectivity index (χ4n) is 1.88. The van der Waals surface area contributed by atoms with Gasteiger partial charge in [0.05, 0.1) is 19.6 Å². The molecule has 1 N–H and O–H groups in total. The third-order valence-electron chi connectivity index (χ3n) is 3.01. The second kappa shape index (κ2) is 8.00. The summed E-state index contributed by atoms with van der Waals surface area (Å²) in [7, 11) is 1.22. The number of ether oxygens (including phenoxy) is 1. The van der Waals surface area contributed by atoms with Crippen molar-refractivity contribution >= 4 is 11.9 Å². The standard InChI is InChI=1S/C15H17FN2O3/c1-10(6-7-17)14(15(20)21-2)18-13(19)9-11-4-3-5-12(16)8-11/h3-5,8,10,14H,6,9H2,1-2H3,(H,18,19)/t10-,14+/m0/s1. The molecule has 21 heavy (non-hydrogen) atoms. The number of halogens is 1. The van der Waals surface area contributed by atoms with Crippen molar-refractivity contribution in [3.63, 3.8) is 0 Å². The molecule has 0 unspecified atom stereocenters. The van der Waals surface area contributed by atoms with Gasteiger partial charge in [-0.25, -0.2) is 9.18 Å². The van der Waals surface area contributed by atoms with Crippen LogP contribution >= 0.6 is 0 Å². The molecule has 0 aliphatic rings. The fourth-order valence-corrected chi connectivity index (χ4v) is 1.88. The highest BCUT2D eigenvalue weighted by molar-refractivity contribution is 5.85. The van der Waals surface area contributed by atoms with Gasteiger partial charge >= 0.3 is 5.97 Å². The summed E-state index contributed by atoms with van der Waals surface area (Å²) in [5.41, 5.74) is 0.504. The number of nitriles is 1. The minimum absolute atomic E-state index is 0.0511. The van der Waals surface area contributed by atoms with Crippen molar-refractivity contribution < 1.29 is 18.7 Å². The van der Waals surface area contributed by atoms with Gasteiger partial charge in [-0.05, 0) is 17.7 Å². The number of rotatable bonds is 6. The van der Waals surface area contributed by atoms with Gasteiger partial charge in [-0.1, -0.05) is 19.1 Å². The highest BCUT2D eigenvalue weighted by Crippen LogP contribution is 2.10. The Bertz CT molecular complexity index is 554. The molecule has 0 saturated carbocycles. The number of carbonyl (C=O) groups is 2. The number of esters is 1. The summed E-state index contributed by atoms with van der Waals surface area (Å²) in [4.78, 5) is 23.6. The van der Waals surface area contributed by atoms with E-state index >= 15 is 0 Å². The summed E-state index contributed by atoms with van der Waals surface area (Å²) >= 11 is 0. The van der Waals surface area contributed by atoms with Crippen molar-refractivity contribution in [2.24, 2.45) is 5.92 Å². The Hall–Kier alpha value is -2.42. The van der Waals surface area contributed by atoms with Crippen LogP contribution in [0.15, 0.2) is 24.3 Å². The average molecular weight is 292 g/mol. The van der Waals surface area contributed by atoms with E-state index in [1.807, 2.05) is 6.07 Å². The Balaban J connectivity index is 2.72. The molecule has 0 aliphatic carbocycles. The molecule has 1 aromatic rings. The summed E-state index contributed by atoms with van der Waals surface area (Å²) in [5, 5.41) is 11.2. The van der Waals surface area contributed by atoms with Crippen molar-refractivity contribution in [1.82, 2.24) is 5.32 Å². The van der Waals surface area contributed by atoms with Gasteiger partial charge in [-0.3, -0.25) is 4.79 Å². The minimum Gasteiger partial charge on any atom is -0.467 e. The first-order valence-corrected chi connectivity index (χ1v) is 6.46. The molecule has 112 valence electrons. The quantitative estimate of drug-likeness (QED) is 0.807. The molecule has 0 bridgehead atoms. The predicted molar refractivity (Wildman–Crippen MR) is 73.4 cm³/mol. The molecule has 0 radical (unpaired) electrons. The molecule has 0 heterocycles. The van der Waals surface area contributed by atoms with Crippen LogP contribution in [0, 0.1) is 23.1 Å². The van der Waals surface area contributed by atoms with Crippen molar-refractivity contribution in [2.75, 3.05) is 7.11 Å². The molecule has 1 rings (SSSR count). The average Bonchev–Trinajstić information content (AvgIpc) is 2.44. The van der Waals surface area contributed by atoms with E-state index in [0.29, 0.717) is 5.56 Å². The lowest BCUT2D eigenvalue weighted by Crippen LogP contribution is -2.46. The second-order valence-corrected chi connectivity index (χ2v) is 4.71. The van der Waals surface area contributed by atoms with Gasteiger partial charge in [0, 0.05) is 12.3 Å². The smallest absolute Gasteiger partial charge is 0.328 e. The summed E-state index contributed by atoms with van der Waals surface area (Å²) in [5.74, 6) is -1.84. The number of carbonyl (C=O) groups excluding carboxylic acids is 2. The van der Waals surface area contributed by atoms with Gasteiger partial charge in [-0.15, -0.1) is 0 Å². The predicted octanol–water partition coefficient (Wildman–Crippen LogP) is 1.58. The first kappa shape index (κ1) is 16.6. The van der Waals surface area contributed by atoms with E-state index in [2.05, 4.69) is 10.1 Å². The van der Waals surface area contributed by atoms with Crippen LogP contribution < -0.4 is 5.32 Å². The first-order valence-electron chi connectivity index (χ1n) is 6.46. The molecule has 0 aliphatic heterocycles. The molecule has 0 aromatic heterocycles. The van der Waals surface area contributed by atoms with E-state index < -0.39 is 23.7 Å². The molecule has 0 spiro atoms. The Kier molecular flexibility index (Phi) is 6.34. The van der Waals surface area contributed by atoms with Gasteiger partial charge < -0.3 is 10.1 Å². The number of hydrogen-bond donors (Lipinski definition) is 1. The summed E-state index contributed by atoms with van der Waals surface area (Å²) in [6, 6.07) is 6.72.